The van der Waals surface area contributed by atoms with Crippen LogP contribution in [0.3, 0.4) is 0 Å². The van der Waals surface area contributed by atoms with Crippen molar-refractivity contribution in [3.8, 4) is 0 Å². The number of halogens is 1. The van der Waals surface area contributed by atoms with E-state index in [1.165, 1.54) is 11.1 Å². The lowest BCUT2D eigenvalue weighted by Crippen LogP contribution is -2.00. The van der Waals surface area contributed by atoms with Crippen LogP contribution in [0.15, 0.2) is 41.3 Å². The molecule has 2 heterocycles. The van der Waals surface area contributed by atoms with Crippen LogP contribution in [0, 0.1) is 13.8 Å². The third kappa shape index (κ3) is 2.40. The molecule has 19 heavy (non-hydrogen) atoms. The van der Waals surface area contributed by atoms with E-state index in [2.05, 4.69) is 56.4 Å². The fourth-order valence-corrected chi connectivity index (χ4v) is 2.35. The monoisotopic (exact) mass is 315 g/mol. The van der Waals surface area contributed by atoms with Crippen LogP contribution in [0.5, 0.6) is 0 Å². The molecule has 0 radical (unpaired) electrons. The van der Waals surface area contributed by atoms with Crippen molar-refractivity contribution in [2.75, 3.05) is 0 Å². The zero-order valence-electron chi connectivity index (χ0n) is 10.9. The molecule has 4 heteroatoms. The maximum atomic E-state index is 4.46. The number of imidazole rings is 1. The molecule has 0 saturated heterocycles. The minimum absolute atomic E-state index is 0.742. The molecule has 0 aliphatic heterocycles. The van der Waals surface area contributed by atoms with Gasteiger partial charge in [-0.25, -0.2) is 4.98 Å². The zero-order valence-corrected chi connectivity index (χ0v) is 12.5. The van der Waals surface area contributed by atoms with Crippen molar-refractivity contribution in [1.82, 2.24) is 14.5 Å². The first-order chi connectivity index (χ1) is 9.13. The molecule has 3 rings (SSSR count). The van der Waals surface area contributed by atoms with Crippen LogP contribution < -0.4 is 0 Å². The summed E-state index contributed by atoms with van der Waals surface area (Å²) in [6.45, 7) is 4.99. The topological polar surface area (TPSA) is 30.7 Å². The predicted molar refractivity (Wildman–Crippen MR) is 80.2 cm³/mol. The molecule has 0 N–H and O–H groups in total. The third-order valence-corrected chi connectivity index (χ3v) is 3.83. The van der Waals surface area contributed by atoms with Crippen molar-refractivity contribution in [2.45, 2.75) is 20.4 Å². The molecule has 0 bridgehead atoms. The van der Waals surface area contributed by atoms with E-state index in [-0.39, 0.29) is 0 Å². The summed E-state index contributed by atoms with van der Waals surface area (Å²) in [7, 11) is 0. The van der Waals surface area contributed by atoms with E-state index in [0.717, 1.165) is 27.7 Å². The normalized spacial score (nSPS) is 11.1. The second-order valence-corrected chi connectivity index (χ2v) is 5.68. The molecule has 0 amide bonds. The molecule has 2 aromatic heterocycles. The number of nitrogens with zero attached hydrogens (tertiary/aromatic N) is 3. The van der Waals surface area contributed by atoms with E-state index in [0.29, 0.717) is 0 Å². The van der Waals surface area contributed by atoms with E-state index < -0.39 is 0 Å². The smallest absolute Gasteiger partial charge is 0.0962 e. The Bertz CT molecular complexity index is 729. The van der Waals surface area contributed by atoms with Crippen LogP contribution in [0.25, 0.3) is 11.0 Å². The van der Waals surface area contributed by atoms with Gasteiger partial charge < -0.3 is 4.57 Å². The van der Waals surface area contributed by atoms with Crippen molar-refractivity contribution >= 4 is 27.0 Å². The highest BCUT2D eigenvalue weighted by Crippen LogP contribution is 2.19. The van der Waals surface area contributed by atoms with Gasteiger partial charge in [-0.15, -0.1) is 0 Å². The van der Waals surface area contributed by atoms with Crippen molar-refractivity contribution in [3.05, 3.63) is 58.1 Å². The number of pyridine rings is 1. The third-order valence-electron chi connectivity index (χ3n) is 3.36. The summed E-state index contributed by atoms with van der Waals surface area (Å²) in [5.74, 6) is 0. The summed E-state index contributed by atoms with van der Waals surface area (Å²) in [4.78, 5) is 8.86. The maximum Gasteiger partial charge on any atom is 0.0962 e. The Morgan fingerprint density at radius 2 is 1.89 bits per heavy atom. The van der Waals surface area contributed by atoms with Gasteiger partial charge >= 0.3 is 0 Å². The van der Waals surface area contributed by atoms with Gasteiger partial charge in [0.25, 0.3) is 0 Å². The molecule has 0 fully saturated rings. The molecule has 3 nitrogen and oxygen atoms in total. The quantitative estimate of drug-likeness (QED) is 0.719. The van der Waals surface area contributed by atoms with Gasteiger partial charge in [0.05, 0.1) is 29.6 Å². The average molecular weight is 316 g/mol. The van der Waals surface area contributed by atoms with E-state index in [4.69, 9.17) is 0 Å². The standard InChI is InChI=1S/C15H14BrN3/c1-10-5-14-15(6-11(10)2)19(9-18-14)8-13-4-3-12(16)7-17-13/h3-7,9H,8H2,1-2H3. The average Bonchev–Trinajstić information content (AvgIpc) is 2.76. The van der Waals surface area contributed by atoms with Crippen molar-refractivity contribution in [3.63, 3.8) is 0 Å². The number of benzene rings is 1. The van der Waals surface area contributed by atoms with Crippen LogP contribution in [0.2, 0.25) is 0 Å². The van der Waals surface area contributed by atoms with Gasteiger partial charge in [0.1, 0.15) is 0 Å². The number of aromatic nitrogens is 3. The first-order valence-corrected chi connectivity index (χ1v) is 6.95. The Balaban J connectivity index is 2.01. The molecule has 0 aliphatic carbocycles. The van der Waals surface area contributed by atoms with E-state index in [1.807, 2.05) is 24.7 Å². The Morgan fingerprint density at radius 3 is 2.63 bits per heavy atom. The Morgan fingerprint density at radius 1 is 1.11 bits per heavy atom. The lowest BCUT2D eigenvalue weighted by molar-refractivity contribution is 0.796. The lowest BCUT2D eigenvalue weighted by Gasteiger charge is -2.05. The SMILES string of the molecule is Cc1cc2ncn(Cc3ccc(Br)cn3)c2cc1C. The van der Waals surface area contributed by atoms with E-state index in [9.17, 15) is 0 Å². The highest BCUT2D eigenvalue weighted by Gasteiger charge is 2.06. The molecule has 96 valence electrons. The fourth-order valence-electron chi connectivity index (χ4n) is 2.11. The second-order valence-electron chi connectivity index (χ2n) is 4.77. The fraction of sp³-hybridized carbons (Fsp3) is 0.200. The Labute approximate surface area is 120 Å². The highest BCUT2D eigenvalue weighted by atomic mass is 79.9. The largest absolute Gasteiger partial charge is 0.324 e. The van der Waals surface area contributed by atoms with E-state index >= 15 is 0 Å². The minimum atomic E-state index is 0.742. The number of rotatable bonds is 2. The maximum absolute atomic E-state index is 4.46. The molecular weight excluding hydrogens is 302 g/mol. The first kappa shape index (κ1) is 12.4. The molecule has 0 atom stereocenters. The second kappa shape index (κ2) is 4.78. The van der Waals surface area contributed by atoms with Gasteiger partial charge in [0, 0.05) is 10.7 Å². The summed E-state index contributed by atoms with van der Waals surface area (Å²) in [5, 5.41) is 0. The van der Waals surface area contributed by atoms with Crippen molar-refractivity contribution < 1.29 is 0 Å². The predicted octanol–water partition coefficient (Wildman–Crippen LogP) is 3.86. The highest BCUT2D eigenvalue weighted by molar-refractivity contribution is 9.10. The Hall–Kier alpha value is -1.68. The van der Waals surface area contributed by atoms with Gasteiger partial charge in [-0.3, -0.25) is 4.98 Å². The van der Waals surface area contributed by atoms with Gasteiger partial charge in [0.2, 0.25) is 0 Å². The zero-order chi connectivity index (χ0) is 13.4. The van der Waals surface area contributed by atoms with Crippen molar-refractivity contribution in [1.29, 1.82) is 0 Å². The van der Waals surface area contributed by atoms with Crippen LogP contribution >= 0.6 is 15.9 Å². The molecular formula is C15H14BrN3. The van der Waals surface area contributed by atoms with Crippen LogP contribution in [-0.2, 0) is 6.54 Å². The van der Waals surface area contributed by atoms with Gasteiger partial charge in [-0.2, -0.15) is 0 Å². The summed E-state index contributed by atoms with van der Waals surface area (Å²) in [5.41, 5.74) is 5.80. The van der Waals surface area contributed by atoms with Crippen LogP contribution in [-0.4, -0.2) is 14.5 Å². The summed E-state index contributed by atoms with van der Waals surface area (Å²) >= 11 is 3.40. The Kier molecular flexibility index (Phi) is 3.11. The van der Waals surface area contributed by atoms with Crippen LogP contribution in [0.1, 0.15) is 16.8 Å². The minimum Gasteiger partial charge on any atom is -0.324 e. The molecule has 1 aromatic carbocycles. The number of hydrogen-bond acceptors (Lipinski definition) is 2. The molecule has 0 aliphatic rings. The lowest BCUT2D eigenvalue weighted by atomic mass is 10.1. The number of fused-ring (bicyclic) bond motifs is 1. The first-order valence-electron chi connectivity index (χ1n) is 6.16. The molecule has 0 spiro atoms. The van der Waals surface area contributed by atoms with Crippen molar-refractivity contribution in [2.24, 2.45) is 0 Å². The van der Waals surface area contributed by atoms with Crippen LogP contribution in [0.4, 0.5) is 0 Å². The number of aryl methyl sites for hydroxylation is 2. The molecule has 0 unspecified atom stereocenters. The van der Waals surface area contributed by atoms with Gasteiger partial charge in [0.15, 0.2) is 0 Å². The van der Waals surface area contributed by atoms with E-state index in [1.54, 1.807) is 0 Å². The molecule has 3 aromatic rings. The summed E-state index contributed by atoms with van der Waals surface area (Å²) in [6.07, 6.45) is 3.71. The summed E-state index contributed by atoms with van der Waals surface area (Å²) < 4.78 is 3.14. The van der Waals surface area contributed by atoms with Gasteiger partial charge in [-0.05, 0) is 65.2 Å². The molecule has 0 saturated carbocycles. The summed E-state index contributed by atoms with van der Waals surface area (Å²) in [6, 6.07) is 8.36. The number of hydrogen-bond donors (Lipinski definition) is 0. The van der Waals surface area contributed by atoms with Gasteiger partial charge in [-0.1, -0.05) is 0 Å².